The van der Waals surface area contributed by atoms with Crippen LogP contribution in [0, 0.1) is 17.7 Å². The Kier molecular flexibility index (Phi) is 5.98. The fourth-order valence-corrected chi connectivity index (χ4v) is 5.06. The molecule has 1 saturated carbocycles. The van der Waals surface area contributed by atoms with E-state index in [2.05, 4.69) is 4.98 Å². The molecule has 1 aliphatic carbocycles. The number of halogens is 1. The second kappa shape index (κ2) is 9.09. The lowest BCUT2D eigenvalue weighted by Crippen LogP contribution is -2.21. The number of carboxylic acids is 1. The lowest BCUT2D eigenvalue weighted by atomic mass is 9.82. The summed E-state index contributed by atoms with van der Waals surface area (Å²) in [7, 11) is 1.55. The van der Waals surface area contributed by atoms with E-state index in [1.54, 1.807) is 32.4 Å². The predicted molar refractivity (Wildman–Crippen MR) is 127 cm³/mol. The molecule has 0 saturated heterocycles. The van der Waals surface area contributed by atoms with E-state index in [9.17, 15) is 9.90 Å². The topological polar surface area (TPSA) is 68.7 Å². The summed E-state index contributed by atoms with van der Waals surface area (Å²) in [6.45, 7) is 1.78. The first-order chi connectivity index (χ1) is 16.4. The predicted octanol–water partition coefficient (Wildman–Crippen LogP) is 6.18. The molecule has 1 unspecified atom stereocenters. The fourth-order valence-electron chi connectivity index (χ4n) is 5.06. The summed E-state index contributed by atoms with van der Waals surface area (Å²) in [5.74, 6) is 0.0453. The number of nitrogens with zero attached hydrogens (tertiary/aromatic N) is 1. The number of pyridine rings is 1. The van der Waals surface area contributed by atoms with E-state index >= 15 is 4.39 Å². The summed E-state index contributed by atoms with van der Waals surface area (Å²) in [5, 5.41) is 9.60. The van der Waals surface area contributed by atoms with Gasteiger partial charge < -0.3 is 14.6 Å². The highest BCUT2D eigenvalue weighted by Gasteiger charge is 2.39. The Balaban J connectivity index is 1.40. The van der Waals surface area contributed by atoms with Gasteiger partial charge in [-0.1, -0.05) is 31.2 Å². The quantitative estimate of drug-likeness (QED) is 0.455. The van der Waals surface area contributed by atoms with Gasteiger partial charge in [0.1, 0.15) is 17.7 Å². The number of aromatic nitrogens is 1. The average Bonchev–Trinajstić information content (AvgIpc) is 3.68. The monoisotopic (exact) mass is 461 g/mol. The number of aryl methyl sites for hydroxylation is 1. The molecule has 1 aromatic heterocycles. The van der Waals surface area contributed by atoms with E-state index in [0.717, 1.165) is 47.3 Å². The highest BCUT2D eigenvalue weighted by Crippen LogP contribution is 2.48. The van der Waals surface area contributed by atoms with E-state index in [-0.39, 0.29) is 17.8 Å². The summed E-state index contributed by atoms with van der Waals surface area (Å²) in [6.07, 6.45) is 4.83. The Morgan fingerprint density at radius 1 is 1.12 bits per heavy atom. The molecule has 34 heavy (non-hydrogen) atoms. The number of rotatable bonds is 7. The molecule has 176 valence electrons. The van der Waals surface area contributed by atoms with Crippen molar-refractivity contribution in [3.8, 4) is 22.8 Å². The van der Waals surface area contributed by atoms with E-state index in [0.29, 0.717) is 23.8 Å². The molecule has 0 amide bonds. The van der Waals surface area contributed by atoms with Crippen LogP contribution in [0.5, 0.6) is 11.6 Å². The Bertz CT molecular complexity index is 1220. The molecular formula is C28H28FNO4. The molecule has 0 bridgehead atoms. The second-order valence-corrected chi connectivity index (χ2v) is 9.33. The van der Waals surface area contributed by atoms with Crippen LogP contribution in [0.25, 0.3) is 11.1 Å². The highest BCUT2D eigenvalue weighted by molar-refractivity contribution is 5.71. The van der Waals surface area contributed by atoms with Gasteiger partial charge >= 0.3 is 5.97 Å². The van der Waals surface area contributed by atoms with Gasteiger partial charge in [0.2, 0.25) is 5.88 Å². The van der Waals surface area contributed by atoms with Crippen LogP contribution in [-0.4, -0.2) is 23.2 Å². The van der Waals surface area contributed by atoms with E-state index in [4.69, 9.17) is 9.47 Å². The van der Waals surface area contributed by atoms with Crippen molar-refractivity contribution in [2.45, 2.75) is 44.6 Å². The first-order valence-electron chi connectivity index (χ1n) is 11.8. The van der Waals surface area contributed by atoms with Crippen molar-refractivity contribution in [2.24, 2.45) is 11.8 Å². The molecular weight excluding hydrogens is 433 g/mol. The summed E-state index contributed by atoms with van der Waals surface area (Å²) in [4.78, 5) is 15.8. The first-order valence-corrected chi connectivity index (χ1v) is 11.8. The van der Waals surface area contributed by atoms with Crippen LogP contribution in [-0.2, 0) is 11.2 Å². The Morgan fingerprint density at radius 3 is 2.62 bits per heavy atom. The molecule has 2 heterocycles. The maximum atomic E-state index is 15.2. The standard InChI is InChI=1S/C28H28FNO4/c1-16(28(31)32)27(18-4-5-18)21-6-3-17-8-10-24(34-25(17)14-21)22-9-7-19(13-23(22)29)20-11-12-30-26(15-20)33-2/h3,6-7,9,11-16,18,24,27H,4-5,8,10H2,1-2H3,(H,31,32)/t16-,24?,27-/m0/s1. The first kappa shape index (κ1) is 22.4. The molecule has 2 aromatic carbocycles. The third kappa shape index (κ3) is 4.37. The minimum atomic E-state index is -0.776. The number of carbonyl (C=O) groups is 1. The maximum Gasteiger partial charge on any atom is 0.306 e. The second-order valence-electron chi connectivity index (χ2n) is 9.33. The smallest absolute Gasteiger partial charge is 0.306 e. The molecule has 1 aliphatic heterocycles. The largest absolute Gasteiger partial charge is 0.485 e. The molecule has 1 fully saturated rings. The summed E-state index contributed by atoms with van der Waals surface area (Å²) in [6, 6.07) is 14.9. The highest BCUT2D eigenvalue weighted by atomic mass is 19.1. The van der Waals surface area contributed by atoms with Crippen molar-refractivity contribution in [3.05, 3.63) is 77.2 Å². The fraction of sp³-hybridized carbons (Fsp3) is 0.357. The summed E-state index contributed by atoms with van der Waals surface area (Å²) in [5.41, 5.74) is 4.18. The number of benzene rings is 2. The van der Waals surface area contributed by atoms with E-state index < -0.39 is 11.9 Å². The van der Waals surface area contributed by atoms with Gasteiger partial charge in [-0.25, -0.2) is 9.37 Å². The van der Waals surface area contributed by atoms with Crippen LogP contribution in [0.15, 0.2) is 54.7 Å². The van der Waals surface area contributed by atoms with Crippen LogP contribution in [0.4, 0.5) is 4.39 Å². The molecule has 0 spiro atoms. The van der Waals surface area contributed by atoms with Crippen LogP contribution < -0.4 is 9.47 Å². The molecule has 6 heteroatoms. The zero-order valence-corrected chi connectivity index (χ0v) is 19.3. The number of fused-ring (bicyclic) bond motifs is 1. The van der Waals surface area contributed by atoms with Gasteiger partial charge in [-0.2, -0.15) is 0 Å². The van der Waals surface area contributed by atoms with Gasteiger partial charge in [-0.15, -0.1) is 0 Å². The molecule has 5 nitrogen and oxygen atoms in total. The van der Waals surface area contributed by atoms with Crippen molar-refractivity contribution in [2.75, 3.05) is 7.11 Å². The van der Waals surface area contributed by atoms with Gasteiger partial charge in [-0.05, 0) is 78.0 Å². The summed E-state index contributed by atoms with van der Waals surface area (Å²) >= 11 is 0. The number of hydrogen-bond acceptors (Lipinski definition) is 4. The minimum Gasteiger partial charge on any atom is -0.485 e. The van der Waals surface area contributed by atoms with Gasteiger partial charge in [0, 0.05) is 17.8 Å². The van der Waals surface area contributed by atoms with Crippen LogP contribution in [0.3, 0.4) is 0 Å². The molecule has 3 aromatic rings. The molecule has 2 aliphatic rings. The van der Waals surface area contributed by atoms with Gasteiger partial charge in [0.15, 0.2) is 0 Å². The van der Waals surface area contributed by atoms with Crippen LogP contribution >= 0.6 is 0 Å². The zero-order chi connectivity index (χ0) is 23.8. The van der Waals surface area contributed by atoms with E-state index in [1.165, 1.54) is 6.07 Å². The normalized spacial score (nSPS) is 19.0. The van der Waals surface area contributed by atoms with Crippen LogP contribution in [0.1, 0.15) is 54.9 Å². The molecule has 0 radical (unpaired) electrons. The van der Waals surface area contributed by atoms with Gasteiger partial charge in [0.05, 0.1) is 13.0 Å². The lowest BCUT2D eigenvalue weighted by molar-refractivity contribution is -0.142. The van der Waals surface area contributed by atoms with Crippen molar-refractivity contribution in [3.63, 3.8) is 0 Å². The number of methoxy groups -OCH3 is 1. The average molecular weight is 462 g/mol. The number of hydrogen-bond donors (Lipinski definition) is 1. The maximum absolute atomic E-state index is 15.2. The Morgan fingerprint density at radius 2 is 1.91 bits per heavy atom. The third-order valence-electron chi connectivity index (χ3n) is 7.10. The lowest BCUT2D eigenvalue weighted by Gasteiger charge is -2.29. The van der Waals surface area contributed by atoms with E-state index in [1.807, 2.05) is 30.3 Å². The molecule has 5 rings (SSSR count). The van der Waals surface area contributed by atoms with Gasteiger partial charge in [0.25, 0.3) is 0 Å². The van der Waals surface area contributed by atoms with Crippen molar-refractivity contribution in [1.29, 1.82) is 0 Å². The number of carboxylic acid groups (broad SMARTS) is 1. The minimum absolute atomic E-state index is 0.0276. The number of ether oxygens (including phenoxy) is 2. The van der Waals surface area contributed by atoms with Crippen LogP contribution in [0.2, 0.25) is 0 Å². The summed E-state index contributed by atoms with van der Waals surface area (Å²) < 4.78 is 26.7. The van der Waals surface area contributed by atoms with Crippen molar-refractivity contribution >= 4 is 5.97 Å². The SMILES string of the molecule is COc1cc(-c2ccc(C3CCc4ccc([C@H](C5CC5)[C@H](C)C(=O)O)cc4O3)c(F)c2)ccn1. The zero-order valence-electron chi connectivity index (χ0n) is 19.3. The number of aliphatic carboxylic acids is 1. The molecule has 1 N–H and O–H groups in total. The molecule has 3 atom stereocenters. The Hall–Kier alpha value is -3.41. The van der Waals surface area contributed by atoms with Crippen molar-refractivity contribution in [1.82, 2.24) is 4.98 Å². The van der Waals surface area contributed by atoms with Gasteiger partial charge in [-0.3, -0.25) is 4.79 Å². The van der Waals surface area contributed by atoms with Crippen molar-refractivity contribution < 1.29 is 23.8 Å². The Labute approximate surface area is 198 Å². The third-order valence-corrected chi connectivity index (χ3v) is 7.10.